The minimum atomic E-state index is -0.427. The van der Waals surface area contributed by atoms with Crippen LogP contribution >= 0.6 is 27.3 Å². The van der Waals surface area contributed by atoms with Crippen molar-refractivity contribution in [3.8, 4) is 0 Å². The molecule has 0 amide bonds. The second kappa shape index (κ2) is 5.29. The van der Waals surface area contributed by atoms with Gasteiger partial charge in [-0.2, -0.15) is 0 Å². The summed E-state index contributed by atoms with van der Waals surface area (Å²) in [6, 6.07) is 8.22. The lowest BCUT2D eigenvalue weighted by molar-refractivity contribution is 0.202. The van der Waals surface area contributed by atoms with Crippen LogP contribution < -0.4 is 0 Å². The molecule has 17 heavy (non-hydrogen) atoms. The molecular formula is C13H14BrNOS. The van der Waals surface area contributed by atoms with Gasteiger partial charge in [-0.15, -0.1) is 11.3 Å². The van der Waals surface area contributed by atoms with E-state index < -0.39 is 6.10 Å². The van der Waals surface area contributed by atoms with E-state index in [0.717, 1.165) is 26.5 Å². The number of thiazole rings is 1. The Morgan fingerprint density at radius 2 is 2.24 bits per heavy atom. The summed E-state index contributed by atoms with van der Waals surface area (Å²) in [6.45, 7) is 3.73. The third-order valence-electron chi connectivity index (χ3n) is 2.50. The van der Waals surface area contributed by atoms with Gasteiger partial charge < -0.3 is 5.11 Å². The molecule has 2 nitrogen and oxygen atoms in total. The van der Waals surface area contributed by atoms with Crippen molar-refractivity contribution in [2.75, 3.05) is 0 Å². The first-order chi connectivity index (χ1) is 8.06. The van der Waals surface area contributed by atoms with Crippen LogP contribution in [0, 0.1) is 6.92 Å². The van der Waals surface area contributed by atoms with Gasteiger partial charge >= 0.3 is 0 Å². The Hall–Kier alpha value is -0.710. The Labute approximate surface area is 113 Å². The van der Waals surface area contributed by atoms with Crippen molar-refractivity contribution < 1.29 is 5.11 Å². The Kier molecular flexibility index (Phi) is 3.97. The van der Waals surface area contributed by atoms with Crippen LogP contribution in [-0.4, -0.2) is 10.1 Å². The van der Waals surface area contributed by atoms with Crippen molar-refractivity contribution in [2.45, 2.75) is 26.4 Å². The third-order valence-corrected chi connectivity index (χ3v) is 4.32. The Morgan fingerprint density at radius 3 is 2.82 bits per heavy atom. The number of aliphatic hydroxyl groups is 1. The van der Waals surface area contributed by atoms with E-state index in [0.29, 0.717) is 0 Å². The molecule has 0 saturated heterocycles. The fourth-order valence-electron chi connectivity index (χ4n) is 1.75. The van der Waals surface area contributed by atoms with Gasteiger partial charge in [-0.1, -0.05) is 28.1 Å². The maximum atomic E-state index is 9.59. The molecule has 1 aromatic carbocycles. The largest absolute Gasteiger partial charge is 0.388 e. The lowest BCUT2D eigenvalue weighted by Gasteiger charge is -1.99. The van der Waals surface area contributed by atoms with Crippen molar-refractivity contribution in [3.63, 3.8) is 0 Å². The molecule has 2 aromatic rings. The minimum absolute atomic E-state index is 0.427. The van der Waals surface area contributed by atoms with Gasteiger partial charge in [-0.05, 0) is 31.5 Å². The van der Waals surface area contributed by atoms with Crippen LogP contribution in [0.15, 0.2) is 28.7 Å². The summed E-state index contributed by atoms with van der Waals surface area (Å²) in [4.78, 5) is 5.47. The van der Waals surface area contributed by atoms with Gasteiger partial charge in [0.2, 0.25) is 0 Å². The van der Waals surface area contributed by atoms with Crippen molar-refractivity contribution in [1.82, 2.24) is 4.98 Å². The van der Waals surface area contributed by atoms with Crippen molar-refractivity contribution in [3.05, 3.63) is 49.9 Å². The third kappa shape index (κ3) is 3.15. The Balaban J connectivity index is 2.22. The van der Waals surface area contributed by atoms with Crippen LogP contribution in [0.2, 0.25) is 0 Å². The number of halogens is 1. The van der Waals surface area contributed by atoms with Gasteiger partial charge in [0.1, 0.15) is 0 Å². The minimum Gasteiger partial charge on any atom is -0.388 e. The van der Waals surface area contributed by atoms with Crippen LogP contribution in [0.3, 0.4) is 0 Å². The maximum Gasteiger partial charge on any atom is 0.0975 e. The predicted molar refractivity (Wildman–Crippen MR) is 74.4 cm³/mol. The summed E-state index contributed by atoms with van der Waals surface area (Å²) in [5, 5.41) is 10.6. The van der Waals surface area contributed by atoms with Crippen LogP contribution in [-0.2, 0) is 6.42 Å². The standard InChI is InChI=1S/C13H14BrNOS/c1-8-13(9(2)16)17-12(15-8)7-10-4-3-5-11(14)6-10/h3-6,9,16H,7H2,1-2H3. The van der Waals surface area contributed by atoms with E-state index in [1.165, 1.54) is 5.56 Å². The highest BCUT2D eigenvalue weighted by Gasteiger charge is 2.12. The summed E-state index contributed by atoms with van der Waals surface area (Å²) >= 11 is 5.05. The van der Waals surface area contributed by atoms with E-state index in [9.17, 15) is 5.11 Å². The first-order valence-electron chi connectivity index (χ1n) is 5.45. The van der Waals surface area contributed by atoms with Crippen LogP contribution in [0.1, 0.15) is 34.2 Å². The van der Waals surface area contributed by atoms with Gasteiger partial charge in [0, 0.05) is 10.9 Å². The first kappa shape index (κ1) is 12.7. The topological polar surface area (TPSA) is 33.1 Å². The molecule has 1 unspecified atom stereocenters. The highest BCUT2D eigenvalue weighted by Crippen LogP contribution is 2.26. The van der Waals surface area contributed by atoms with Crippen molar-refractivity contribution >= 4 is 27.3 Å². The summed E-state index contributed by atoms with van der Waals surface area (Å²) < 4.78 is 1.08. The number of nitrogens with zero attached hydrogens (tertiary/aromatic N) is 1. The van der Waals surface area contributed by atoms with E-state index >= 15 is 0 Å². The van der Waals surface area contributed by atoms with Gasteiger partial charge in [0.15, 0.2) is 0 Å². The number of aliphatic hydroxyl groups excluding tert-OH is 1. The van der Waals surface area contributed by atoms with E-state index in [2.05, 4.69) is 33.0 Å². The normalized spacial score (nSPS) is 12.7. The fraction of sp³-hybridized carbons (Fsp3) is 0.308. The quantitative estimate of drug-likeness (QED) is 0.933. The number of rotatable bonds is 3. The Morgan fingerprint density at radius 1 is 1.47 bits per heavy atom. The fourth-order valence-corrected chi connectivity index (χ4v) is 3.24. The molecule has 90 valence electrons. The molecule has 0 saturated carbocycles. The second-order valence-electron chi connectivity index (χ2n) is 4.04. The van der Waals surface area contributed by atoms with Crippen LogP contribution in [0.5, 0.6) is 0 Å². The van der Waals surface area contributed by atoms with Crippen molar-refractivity contribution in [1.29, 1.82) is 0 Å². The summed E-state index contributed by atoms with van der Waals surface area (Å²) in [7, 11) is 0. The summed E-state index contributed by atoms with van der Waals surface area (Å²) in [6.07, 6.45) is 0.390. The molecule has 1 atom stereocenters. The first-order valence-corrected chi connectivity index (χ1v) is 7.06. The molecule has 1 aromatic heterocycles. The summed E-state index contributed by atoms with van der Waals surface area (Å²) in [5.41, 5.74) is 2.17. The number of hydrogen-bond acceptors (Lipinski definition) is 3. The smallest absolute Gasteiger partial charge is 0.0975 e. The highest BCUT2D eigenvalue weighted by molar-refractivity contribution is 9.10. The SMILES string of the molecule is Cc1nc(Cc2cccc(Br)c2)sc1C(C)O. The molecule has 0 fully saturated rings. The monoisotopic (exact) mass is 311 g/mol. The molecule has 0 spiro atoms. The number of benzene rings is 1. The Bertz CT molecular complexity index is 522. The van der Waals surface area contributed by atoms with E-state index in [1.54, 1.807) is 18.3 Å². The number of hydrogen-bond donors (Lipinski definition) is 1. The molecule has 0 aliphatic rings. The maximum absolute atomic E-state index is 9.59. The zero-order chi connectivity index (χ0) is 12.4. The molecule has 0 radical (unpaired) electrons. The number of aromatic nitrogens is 1. The molecular weight excluding hydrogens is 298 g/mol. The van der Waals surface area contributed by atoms with Gasteiger partial charge in [-0.25, -0.2) is 4.98 Å². The molecule has 0 aliphatic heterocycles. The molecule has 0 aliphatic carbocycles. The average Bonchev–Trinajstić information content (AvgIpc) is 2.59. The van der Waals surface area contributed by atoms with Gasteiger partial charge in [-0.3, -0.25) is 0 Å². The predicted octanol–water partition coefficient (Wildman–Crippen LogP) is 3.86. The highest BCUT2D eigenvalue weighted by atomic mass is 79.9. The molecule has 4 heteroatoms. The van der Waals surface area contributed by atoms with Crippen molar-refractivity contribution in [2.24, 2.45) is 0 Å². The van der Waals surface area contributed by atoms with E-state index in [4.69, 9.17) is 0 Å². The lowest BCUT2D eigenvalue weighted by Crippen LogP contribution is -1.89. The average molecular weight is 312 g/mol. The zero-order valence-electron chi connectivity index (χ0n) is 9.77. The lowest BCUT2D eigenvalue weighted by atomic mass is 10.2. The van der Waals surface area contributed by atoms with Gasteiger partial charge in [0.05, 0.1) is 21.7 Å². The van der Waals surface area contributed by atoms with E-state index in [-0.39, 0.29) is 0 Å². The number of aryl methyl sites for hydroxylation is 1. The zero-order valence-corrected chi connectivity index (χ0v) is 12.2. The molecule has 2 rings (SSSR count). The van der Waals surface area contributed by atoms with Crippen LogP contribution in [0.25, 0.3) is 0 Å². The molecule has 0 bridgehead atoms. The second-order valence-corrected chi connectivity index (χ2v) is 6.07. The van der Waals surface area contributed by atoms with E-state index in [1.807, 2.05) is 19.1 Å². The summed E-state index contributed by atoms with van der Waals surface area (Å²) in [5.74, 6) is 0. The molecule has 1 N–H and O–H groups in total. The molecule has 1 heterocycles. The van der Waals surface area contributed by atoms with Crippen LogP contribution in [0.4, 0.5) is 0 Å². The van der Waals surface area contributed by atoms with Gasteiger partial charge in [0.25, 0.3) is 0 Å².